The largest absolute Gasteiger partial charge is 0.497 e. The van der Waals surface area contributed by atoms with E-state index in [9.17, 15) is 8.42 Å². The van der Waals surface area contributed by atoms with Gasteiger partial charge in [0.25, 0.3) is 0 Å². The van der Waals surface area contributed by atoms with Gasteiger partial charge in [0.05, 0.1) is 12.0 Å². The number of benzene rings is 2. The Morgan fingerprint density at radius 1 is 1.00 bits per heavy atom. The van der Waals surface area contributed by atoms with E-state index in [1.54, 1.807) is 31.4 Å². The average Bonchev–Trinajstić information content (AvgIpc) is 2.58. The van der Waals surface area contributed by atoms with E-state index in [-0.39, 0.29) is 23.5 Å². The highest BCUT2D eigenvalue weighted by molar-refractivity contribution is 7.89. The Hall–Kier alpha value is -2.05. The highest BCUT2D eigenvalue weighted by Gasteiger charge is 2.17. The van der Waals surface area contributed by atoms with Crippen LogP contribution in [0.5, 0.6) is 11.5 Å². The van der Waals surface area contributed by atoms with Gasteiger partial charge in [0.1, 0.15) is 18.1 Å². The summed E-state index contributed by atoms with van der Waals surface area (Å²) < 4.78 is 37.8. The van der Waals surface area contributed by atoms with Gasteiger partial charge in [-0.1, -0.05) is 39.0 Å². The van der Waals surface area contributed by atoms with E-state index >= 15 is 0 Å². The Kier molecular flexibility index (Phi) is 6.08. The Morgan fingerprint density at radius 3 is 2.24 bits per heavy atom. The fourth-order valence-corrected chi connectivity index (χ4v) is 3.27. The van der Waals surface area contributed by atoms with Crippen molar-refractivity contribution in [3.05, 3.63) is 54.1 Å². The molecule has 2 aromatic rings. The highest BCUT2D eigenvalue weighted by Crippen LogP contribution is 2.23. The van der Waals surface area contributed by atoms with Gasteiger partial charge >= 0.3 is 0 Å². The SMILES string of the molecule is COc1cccc(OCCNS(=O)(=O)c2ccc(C(C)(C)C)cc2)c1. The van der Waals surface area contributed by atoms with Crippen molar-refractivity contribution in [2.75, 3.05) is 20.3 Å². The second kappa shape index (κ2) is 7.89. The standard InChI is InChI=1S/C19H25NO4S/c1-19(2,3)15-8-10-18(11-9-15)25(21,22)20-12-13-24-17-7-5-6-16(14-17)23-4/h5-11,14,20H,12-13H2,1-4H3. The molecule has 0 atom stereocenters. The third-order valence-corrected chi connectivity index (χ3v) is 5.21. The number of methoxy groups -OCH3 is 1. The van der Waals surface area contributed by atoms with Gasteiger partial charge in [-0.25, -0.2) is 13.1 Å². The van der Waals surface area contributed by atoms with Gasteiger partial charge in [0, 0.05) is 12.6 Å². The van der Waals surface area contributed by atoms with Crippen LogP contribution in [0.3, 0.4) is 0 Å². The quantitative estimate of drug-likeness (QED) is 0.766. The minimum atomic E-state index is -3.54. The number of ether oxygens (including phenoxy) is 2. The van der Waals surface area contributed by atoms with Gasteiger partial charge in [-0.3, -0.25) is 0 Å². The van der Waals surface area contributed by atoms with E-state index in [1.165, 1.54) is 0 Å². The molecular formula is C19H25NO4S. The number of hydrogen-bond acceptors (Lipinski definition) is 4. The van der Waals surface area contributed by atoms with E-state index in [1.807, 2.05) is 24.3 Å². The van der Waals surface area contributed by atoms with Crippen LogP contribution in [0.2, 0.25) is 0 Å². The maximum atomic E-state index is 12.3. The van der Waals surface area contributed by atoms with Crippen molar-refractivity contribution >= 4 is 10.0 Å². The van der Waals surface area contributed by atoms with Crippen LogP contribution in [0.25, 0.3) is 0 Å². The third-order valence-electron chi connectivity index (χ3n) is 3.73. The molecule has 0 saturated heterocycles. The molecule has 0 spiro atoms. The second-order valence-electron chi connectivity index (χ2n) is 6.70. The molecule has 0 amide bonds. The lowest BCUT2D eigenvalue weighted by Crippen LogP contribution is -2.28. The average molecular weight is 363 g/mol. The molecule has 0 heterocycles. The van der Waals surface area contributed by atoms with Crippen LogP contribution >= 0.6 is 0 Å². The zero-order valence-corrected chi connectivity index (χ0v) is 15.9. The smallest absolute Gasteiger partial charge is 0.240 e. The lowest BCUT2D eigenvalue weighted by Gasteiger charge is -2.19. The molecule has 0 unspecified atom stereocenters. The molecular weight excluding hydrogens is 338 g/mol. The van der Waals surface area contributed by atoms with Gasteiger partial charge in [-0.05, 0) is 35.2 Å². The van der Waals surface area contributed by atoms with E-state index in [4.69, 9.17) is 9.47 Å². The summed E-state index contributed by atoms with van der Waals surface area (Å²) in [6.07, 6.45) is 0. The summed E-state index contributed by atoms with van der Waals surface area (Å²) in [5, 5.41) is 0. The molecule has 25 heavy (non-hydrogen) atoms. The Morgan fingerprint density at radius 2 is 1.64 bits per heavy atom. The Labute approximate surface area is 150 Å². The van der Waals surface area contributed by atoms with Crippen molar-refractivity contribution in [3.8, 4) is 11.5 Å². The lowest BCUT2D eigenvalue weighted by atomic mass is 9.87. The summed E-state index contributed by atoms with van der Waals surface area (Å²) in [4.78, 5) is 0.252. The first-order valence-corrected chi connectivity index (χ1v) is 9.58. The molecule has 136 valence electrons. The minimum Gasteiger partial charge on any atom is -0.497 e. The van der Waals surface area contributed by atoms with Crippen LogP contribution < -0.4 is 14.2 Å². The van der Waals surface area contributed by atoms with Crippen molar-refractivity contribution < 1.29 is 17.9 Å². The maximum Gasteiger partial charge on any atom is 0.240 e. The van der Waals surface area contributed by atoms with E-state index in [2.05, 4.69) is 25.5 Å². The normalized spacial score (nSPS) is 12.0. The first-order chi connectivity index (χ1) is 11.7. The number of sulfonamides is 1. The number of rotatable bonds is 7. The number of nitrogens with one attached hydrogen (secondary N) is 1. The summed E-state index contributed by atoms with van der Waals surface area (Å²) in [6, 6.07) is 14.1. The lowest BCUT2D eigenvalue weighted by molar-refractivity contribution is 0.320. The molecule has 6 heteroatoms. The zero-order chi connectivity index (χ0) is 18.5. The molecule has 0 aliphatic carbocycles. The molecule has 1 N–H and O–H groups in total. The minimum absolute atomic E-state index is 0.0136. The Bertz CT molecular complexity index is 793. The molecule has 5 nitrogen and oxygen atoms in total. The first-order valence-electron chi connectivity index (χ1n) is 8.09. The molecule has 2 aromatic carbocycles. The summed E-state index contributed by atoms with van der Waals surface area (Å²) in [5.74, 6) is 1.32. The molecule has 0 aromatic heterocycles. The fourth-order valence-electron chi connectivity index (χ4n) is 2.25. The van der Waals surface area contributed by atoms with E-state index < -0.39 is 10.0 Å². The maximum absolute atomic E-state index is 12.3. The molecule has 0 aliphatic heterocycles. The summed E-state index contributed by atoms with van der Waals surface area (Å²) in [5.41, 5.74) is 1.08. The Balaban J connectivity index is 1.91. The van der Waals surface area contributed by atoms with Crippen LogP contribution in [-0.4, -0.2) is 28.7 Å². The van der Waals surface area contributed by atoms with Crippen LogP contribution in [0.15, 0.2) is 53.4 Å². The monoisotopic (exact) mass is 363 g/mol. The van der Waals surface area contributed by atoms with Crippen molar-refractivity contribution in [3.63, 3.8) is 0 Å². The van der Waals surface area contributed by atoms with E-state index in [0.717, 1.165) is 5.56 Å². The van der Waals surface area contributed by atoms with Crippen LogP contribution in [0.1, 0.15) is 26.3 Å². The van der Waals surface area contributed by atoms with Crippen molar-refractivity contribution in [1.82, 2.24) is 4.72 Å². The van der Waals surface area contributed by atoms with Crippen LogP contribution in [-0.2, 0) is 15.4 Å². The van der Waals surface area contributed by atoms with Gasteiger partial charge in [0.15, 0.2) is 0 Å². The van der Waals surface area contributed by atoms with Gasteiger partial charge < -0.3 is 9.47 Å². The molecule has 2 rings (SSSR count). The number of hydrogen-bond donors (Lipinski definition) is 1. The zero-order valence-electron chi connectivity index (χ0n) is 15.1. The highest BCUT2D eigenvalue weighted by atomic mass is 32.2. The fraction of sp³-hybridized carbons (Fsp3) is 0.368. The predicted octanol–water partition coefficient (Wildman–Crippen LogP) is 3.35. The van der Waals surface area contributed by atoms with Crippen LogP contribution in [0, 0.1) is 0 Å². The summed E-state index contributed by atoms with van der Waals surface area (Å²) in [7, 11) is -1.96. The van der Waals surface area contributed by atoms with Gasteiger partial charge in [-0.15, -0.1) is 0 Å². The topological polar surface area (TPSA) is 64.6 Å². The molecule has 0 fully saturated rings. The molecule has 0 radical (unpaired) electrons. The van der Waals surface area contributed by atoms with Crippen molar-refractivity contribution in [1.29, 1.82) is 0 Å². The molecule has 0 saturated carbocycles. The van der Waals surface area contributed by atoms with Gasteiger partial charge in [-0.2, -0.15) is 0 Å². The van der Waals surface area contributed by atoms with E-state index in [0.29, 0.717) is 11.5 Å². The van der Waals surface area contributed by atoms with Crippen molar-refractivity contribution in [2.24, 2.45) is 0 Å². The third kappa shape index (κ3) is 5.47. The van der Waals surface area contributed by atoms with Gasteiger partial charge in [0.2, 0.25) is 10.0 Å². The van der Waals surface area contributed by atoms with Crippen LogP contribution in [0.4, 0.5) is 0 Å². The molecule has 0 aliphatic rings. The summed E-state index contributed by atoms with van der Waals surface area (Å²) in [6.45, 7) is 6.67. The molecule has 0 bridgehead atoms. The predicted molar refractivity (Wildman–Crippen MR) is 98.8 cm³/mol. The second-order valence-corrected chi connectivity index (χ2v) is 8.47. The van der Waals surface area contributed by atoms with Crippen molar-refractivity contribution in [2.45, 2.75) is 31.1 Å². The first kappa shape index (κ1) is 19.3. The summed E-state index contributed by atoms with van der Waals surface area (Å²) >= 11 is 0.